The summed E-state index contributed by atoms with van der Waals surface area (Å²) >= 11 is 0. The van der Waals surface area contributed by atoms with Gasteiger partial charge in [0.1, 0.15) is 5.44 Å². The molecule has 2 nitrogen and oxygen atoms in total. The Hall–Kier alpha value is -0.410. The molecule has 2 N–H and O–H groups in total. The van der Waals surface area contributed by atoms with Crippen LogP contribution < -0.4 is 0 Å². The Bertz CT molecular complexity index is 162. The van der Waals surface area contributed by atoms with Crippen LogP contribution in [0.3, 0.4) is 0 Å². The molecule has 0 saturated heterocycles. The summed E-state index contributed by atoms with van der Waals surface area (Å²) in [6.45, 7) is 0. The normalized spacial score (nSPS) is 35.6. The predicted molar refractivity (Wildman–Crippen MR) is 34.4 cm³/mol. The van der Waals surface area contributed by atoms with Gasteiger partial charge in [-0.05, 0) is 22.2 Å². The monoisotopic (exact) mass is 129 g/mol. The van der Waals surface area contributed by atoms with Crippen molar-refractivity contribution in [3.05, 3.63) is 23.6 Å². The van der Waals surface area contributed by atoms with Crippen molar-refractivity contribution < 1.29 is 5.11 Å². The summed E-state index contributed by atoms with van der Waals surface area (Å²) < 4.78 is 7.12. The molecule has 0 aliphatic carbocycles. The summed E-state index contributed by atoms with van der Waals surface area (Å²) in [5, 5.41) is 10.5. The van der Waals surface area contributed by atoms with Gasteiger partial charge in [-0.1, -0.05) is 12.2 Å². The van der Waals surface area contributed by atoms with Crippen LogP contribution >= 0.6 is 0 Å². The molecular weight excluding hydrogens is 122 g/mol. The number of hydrogen-bond acceptors (Lipinski definition) is 2. The van der Waals surface area contributed by atoms with Crippen molar-refractivity contribution >= 4 is 10.7 Å². The number of aliphatic hydroxyl groups is 1. The molecule has 1 aliphatic rings. The van der Waals surface area contributed by atoms with Crippen molar-refractivity contribution in [1.82, 2.24) is 0 Å². The smallest absolute Gasteiger partial charge is 0.132 e. The maximum absolute atomic E-state index is 8.86. The van der Waals surface area contributed by atoms with Gasteiger partial charge < -0.3 is 5.11 Å². The summed E-state index contributed by atoms with van der Waals surface area (Å²) in [4.78, 5) is 0. The zero-order valence-corrected chi connectivity index (χ0v) is 5.06. The summed E-state index contributed by atoms with van der Waals surface area (Å²) in [6.07, 6.45) is 5.15. The van der Waals surface area contributed by atoms with Crippen molar-refractivity contribution in [3.63, 3.8) is 0 Å². The van der Waals surface area contributed by atoms with Crippen LogP contribution in [0.5, 0.6) is 0 Å². The molecule has 2 atom stereocenters. The zero-order valence-electron chi connectivity index (χ0n) is 4.24. The maximum Gasteiger partial charge on any atom is 0.132 e. The summed E-state index contributed by atoms with van der Waals surface area (Å²) in [7, 11) is -0.697. The van der Waals surface area contributed by atoms with Crippen LogP contribution in [0.2, 0.25) is 0 Å². The minimum Gasteiger partial charge on any atom is -0.377 e. The molecule has 0 spiro atoms. The molecule has 0 aromatic heterocycles. The molecule has 1 heterocycles. The van der Waals surface area contributed by atoms with E-state index in [9.17, 15) is 0 Å². The lowest BCUT2D eigenvalue weighted by Crippen LogP contribution is -2.08. The lowest BCUT2D eigenvalue weighted by Gasteiger charge is -2.05. The SMILES string of the molecule is N=S1C=CC=CC1O. The van der Waals surface area contributed by atoms with Gasteiger partial charge >= 0.3 is 0 Å². The molecule has 2 unspecified atom stereocenters. The Balaban J connectivity index is 2.74. The molecule has 0 saturated carbocycles. The molecule has 1 aliphatic heterocycles. The standard InChI is InChI=1S/C5H7NOS/c6-8-4-2-1-3-5(8)7/h1-7H. The lowest BCUT2D eigenvalue weighted by atomic mass is 10.5. The molecule has 44 valence electrons. The van der Waals surface area contributed by atoms with Crippen molar-refractivity contribution in [1.29, 1.82) is 4.78 Å². The second-order valence-electron chi connectivity index (χ2n) is 1.48. The van der Waals surface area contributed by atoms with Crippen LogP contribution in [0.4, 0.5) is 0 Å². The van der Waals surface area contributed by atoms with Gasteiger partial charge in [0, 0.05) is 0 Å². The van der Waals surface area contributed by atoms with Gasteiger partial charge in [-0.15, -0.1) is 0 Å². The van der Waals surface area contributed by atoms with Crippen LogP contribution in [-0.4, -0.2) is 10.5 Å². The highest BCUT2D eigenvalue weighted by atomic mass is 32.2. The van der Waals surface area contributed by atoms with Crippen molar-refractivity contribution in [2.45, 2.75) is 5.44 Å². The van der Waals surface area contributed by atoms with Gasteiger partial charge in [0.2, 0.25) is 0 Å². The highest BCUT2D eigenvalue weighted by molar-refractivity contribution is 7.89. The second kappa shape index (κ2) is 2.24. The van der Waals surface area contributed by atoms with Crippen LogP contribution in [0.25, 0.3) is 0 Å². The van der Waals surface area contributed by atoms with E-state index in [-0.39, 0.29) is 0 Å². The zero-order chi connectivity index (χ0) is 5.98. The Labute approximate surface area is 50.4 Å². The number of aliphatic hydroxyl groups excluding tert-OH is 1. The topological polar surface area (TPSA) is 44.1 Å². The van der Waals surface area contributed by atoms with Crippen LogP contribution in [-0.2, 0) is 10.7 Å². The van der Waals surface area contributed by atoms with Crippen LogP contribution in [0.15, 0.2) is 23.6 Å². The molecule has 0 aromatic rings. The van der Waals surface area contributed by atoms with Crippen molar-refractivity contribution in [3.8, 4) is 0 Å². The van der Waals surface area contributed by atoms with E-state index >= 15 is 0 Å². The molecule has 0 fully saturated rings. The fourth-order valence-electron chi connectivity index (χ4n) is 0.454. The molecule has 0 aromatic carbocycles. The largest absolute Gasteiger partial charge is 0.377 e. The number of rotatable bonds is 0. The molecule has 8 heavy (non-hydrogen) atoms. The fourth-order valence-corrected chi connectivity index (χ4v) is 1.14. The number of hydrogen-bond donors (Lipinski definition) is 2. The molecule has 0 radical (unpaired) electrons. The highest BCUT2D eigenvalue weighted by Crippen LogP contribution is 2.02. The quantitative estimate of drug-likeness (QED) is 0.498. The first-order chi connectivity index (χ1) is 3.80. The minimum absolute atomic E-state index is 0.569. The van der Waals surface area contributed by atoms with Gasteiger partial charge in [-0.25, -0.2) is 0 Å². The van der Waals surface area contributed by atoms with Crippen molar-refractivity contribution in [2.24, 2.45) is 0 Å². The summed E-state index contributed by atoms with van der Waals surface area (Å²) in [5.74, 6) is 0. The maximum atomic E-state index is 8.86. The molecular formula is C5H7NOS. The van der Waals surface area contributed by atoms with E-state index in [1.165, 1.54) is 0 Å². The summed E-state index contributed by atoms with van der Waals surface area (Å²) in [6, 6.07) is 0. The molecule has 3 heteroatoms. The van der Waals surface area contributed by atoms with E-state index in [4.69, 9.17) is 9.89 Å². The van der Waals surface area contributed by atoms with Crippen LogP contribution in [0, 0.1) is 4.78 Å². The Morgan fingerprint density at radius 1 is 1.50 bits per heavy atom. The van der Waals surface area contributed by atoms with Crippen molar-refractivity contribution in [2.75, 3.05) is 0 Å². The van der Waals surface area contributed by atoms with E-state index in [1.54, 1.807) is 23.6 Å². The number of nitrogens with one attached hydrogen (secondary N) is 1. The van der Waals surface area contributed by atoms with E-state index in [2.05, 4.69) is 0 Å². The predicted octanol–water partition coefficient (Wildman–Crippen LogP) is 0.769. The second-order valence-corrected chi connectivity index (χ2v) is 2.97. The van der Waals surface area contributed by atoms with Gasteiger partial charge in [0.15, 0.2) is 0 Å². The fraction of sp³-hybridized carbons (Fsp3) is 0.200. The van der Waals surface area contributed by atoms with Crippen LogP contribution in [0.1, 0.15) is 0 Å². The molecule has 1 rings (SSSR count). The molecule has 0 amide bonds. The first-order valence-electron chi connectivity index (χ1n) is 2.27. The van der Waals surface area contributed by atoms with E-state index < -0.39 is 16.1 Å². The highest BCUT2D eigenvalue weighted by Gasteiger charge is 2.02. The Kier molecular flexibility index (Phi) is 1.60. The molecule has 0 bridgehead atoms. The third-order valence-corrected chi connectivity index (χ3v) is 2.00. The van der Waals surface area contributed by atoms with Gasteiger partial charge in [-0.3, -0.25) is 4.78 Å². The third kappa shape index (κ3) is 1.05. The van der Waals surface area contributed by atoms with E-state index in [0.29, 0.717) is 0 Å². The number of allylic oxidation sites excluding steroid dienone is 2. The Morgan fingerprint density at radius 3 is 2.62 bits per heavy atom. The first kappa shape index (κ1) is 5.72. The van der Waals surface area contributed by atoms with Gasteiger partial charge in [0.05, 0.1) is 0 Å². The van der Waals surface area contributed by atoms with Gasteiger partial charge in [0.25, 0.3) is 0 Å². The minimum atomic E-state index is -0.697. The third-order valence-electron chi connectivity index (χ3n) is 0.872. The Morgan fingerprint density at radius 2 is 2.25 bits per heavy atom. The van der Waals surface area contributed by atoms with Gasteiger partial charge in [-0.2, -0.15) is 0 Å². The first-order valence-corrected chi connectivity index (χ1v) is 3.62. The summed E-state index contributed by atoms with van der Waals surface area (Å²) in [5.41, 5.74) is -0.569. The average molecular weight is 129 g/mol. The lowest BCUT2D eigenvalue weighted by molar-refractivity contribution is 0.307. The average Bonchev–Trinajstić information content (AvgIpc) is 1.77. The van der Waals surface area contributed by atoms with E-state index in [0.717, 1.165) is 0 Å². The van der Waals surface area contributed by atoms with E-state index in [1.807, 2.05) is 0 Å².